The molecular weight excluding hydrogens is 299 g/mol. The SMILES string of the molecule is CCN(CC)OP(O)N(N(CC)CC)N(CC)CC.Cl. The molecule has 0 radical (unpaired) electrons. The lowest BCUT2D eigenvalue weighted by Gasteiger charge is -2.42. The molecule has 0 aromatic rings. The standard InChI is InChI=1S/C12H31N4O2P.ClH/c1-7-13(8-2)16(14(9-3)10-4)19(17)18-15(11-5)12-6;/h17H,7-12H2,1-6H3;1H. The zero-order chi connectivity index (χ0) is 14.8. The Morgan fingerprint density at radius 3 is 1.35 bits per heavy atom. The van der Waals surface area contributed by atoms with Crippen molar-refractivity contribution in [2.24, 2.45) is 0 Å². The van der Waals surface area contributed by atoms with Gasteiger partial charge in [-0.3, -0.25) is 0 Å². The second kappa shape index (κ2) is 13.2. The van der Waals surface area contributed by atoms with Crippen LogP contribution in [-0.4, -0.2) is 64.1 Å². The monoisotopic (exact) mass is 330 g/mol. The van der Waals surface area contributed by atoms with Crippen LogP contribution in [0.4, 0.5) is 0 Å². The third-order valence-corrected chi connectivity index (χ3v) is 4.20. The fourth-order valence-corrected chi connectivity index (χ4v) is 3.27. The van der Waals surface area contributed by atoms with Gasteiger partial charge in [0.25, 0.3) is 0 Å². The van der Waals surface area contributed by atoms with E-state index in [-0.39, 0.29) is 12.4 Å². The molecule has 0 aromatic carbocycles. The average Bonchev–Trinajstić information content (AvgIpc) is 2.45. The summed E-state index contributed by atoms with van der Waals surface area (Å²) in [5.74, 6) is 0. The van der Waals surface area contributed by atoms with Gasteiger partial charge >= 0.3 is 8.53 Å². The van der Waals surface area contributed by atoms with Gasteiger partial charge in [0, 0.05) is 39.3 Å². The van der Waals surface area contributed by atoms with Crippen LogP contribution >= 0.6 is 20.9 Å². The third kappa shape index (κ3) is 6.96. The Hall–Kier alpha value is 0.480. The topological polar surface area (TPSA) is 42.4 Å². The van der Waals surface area contributed by atoms with Crippen LogP contribution in [0.25, 0.3) is 0 Å². The summed E-state index contributed by atoms with van der Waals surface area (Å²) in [6.45, 7) is 17.3. The minimum Gasteiger partial charge on any atom is -0.335 e. The second-order valence-electron chi connectivity index (χ2n) is 3.99. The number of hydrazine groups is 2. The van der Waals surface area contributed by atoms with Crippen molar-refractivity contribution in [3.05, 3.63) is 0 Å². The zero-order valence-corrected chi connectivity index (χ0v) is 15.5. The molecule has 0 bridgehead atoms. The van der Waals surface area contributed by atoms with Gasteiger partial charge in [-0.2, -0.15) is 5.06 Å². The number of nitrogens with zero attached hydrogens (tertiary/aromatic N) is 4. The maximum absolute atomic E-state index is 10.5. The van der Waals surface area contributed by atoms with Gasteiger partial charge in [-0.15, -0.1) is 12.4 Å². The molecule has 0 saturated heterocycles. The molecule has 124 valence electrons. The van der Waals surface area contributed by atoms with E-state index in [1.165, 1.54) is 0 Å². The molecule has 6 nitrogen and oxygen atoms in total. The van der Waals surface area contributed by atoms with Crippen LogP contribution in [0.3, 0.4) is 0 Å². The van der Waals surface area contributed by atoms with Crippen molar-refractivity contribution >= 4 is 20.9 Å². The molecule has 1 N–H and O–H groups in total. The maximum atomic E-state index is 10.5. The Bertz CT molecular complexity index is 206. The van der Waals surface area contributed by atoms with Crippen LogP contribution in [0, 0.1) is 0 Å². The van der Waals surface area contributed by atoms with Crippen LogP contribution in [0.1, 0.15) is 41.5 Å². The quantitative estimate of drug-likeness (QED) is 0.464. The Kier molecular flexibility index (Phi) is 15.0. The second-order valence-corrected chi connectivity index (χ2v) is 5.02. The van der Waals surface area contributed by atoms with E-state index in [9.17, 15) is 4.89 Å². The van der Waals surface area contributed by atoms with Crippen molar-refractivity contribution in [3.63, 3.8) is 0 Å². The summed E-state index contributed by atoms with van der Waals surface area (Å²) in [6.07, 6.45) is 0. The van der Waals surface area contributed by atoms with Crippen LogP contribution in [-0.2, 0) is 4.62 Å². The van der Waals surface area contributed by atoms with Crippen LogP contribution in [0.15, 0.2) is 0 Å². The fraction of sp³-hybridized carbons (Fsp3) is 1.00. The summed E-state index contributed by atoms with van der Waals surface area (Å²) >= 11 is 0. The molecular formula is C12H32ClN4O2P. The normalized spacial score (nSPS) is 13.3. The van der Waals surface area contributed by atoms with Gasteiger partial charge in [0.15, 0.2) is 0 Å². The molecule has 20 heavy (non-hydrogen) atoms. The molecule has 0 aliphatic heterocycles. The summed E-state index contributed by atoms with van der Waals surface area (Å²) in [5, 5.41) is 5.98. The Labute approximate surface area is 131 Å². The Balaban J connectivity index is 0. The van der Waals surface area contributed by atoms with Gasteiger partial charge in [-0.1, -0.05) is 46.4 Å². The van der Waals surface area contributed by atoms with E-state index in [4.69, 9.17) is 4.62 Å². The predicted octanol–water partition coefficient (Wildman–Crippen LogP) is 2.72. The fourth-order valence-electron chi connectivity index (χ4n) is 1.82. The van der Waals surface area contributed by atoms with Gasteiger partial charge in [0.05, 0.1) is 0 Å². The molecule has 0 saturated carbocycles. The van der Waals surface area contributed by atoms with E-state index in [1.54, 1.807) is 5.06 Å². The first-order valence-electron chi connectivity index (χ1n) is 7.31. The highest BCUT2D eigenvalue weighted by Crippen LogP contribution is 2.40. The molecule has 0 aromatic heterocycles. The van der Waals surface area contributed by atoms with Crippen LogP contribution in [0.2, 0.25) is 0 Å². The molecule has 0 heterocycles. The number of halogens is 1. The zero-order valence-electron chi connectivity index (χ0n) is 13.7. The summed E-state index contributed by atoms with van der Waals surface area (Å²) < 4.78 is 5.68. The lowest BCUT2D eigenvalue weighted by molar-refractivity contribution is -0.140. The smallest absolute Gasteiger partial charge is 0.304 e. The molecule has 0 rings (SSSR count). The van der Waals surface area contributed by atoms with Crippen molar-refractivity contribution in [1.82, 2.24) is 20.0 Å². The first-order chi connectivity index (χ1) is 9.09. The minimum atomic E-state index is -1.69. The predicted molar refractivity (Wildman–Crippen MR) is 88.1 cm³/mol. The molecule has 0 aliphatic rings. The van der Waals surface area contributed by atoms with Crippen molar-refractivity contribution in [3.8, 4) is 0 Å². The number of rotatable bonds is 11. The maximum Gasteiger partial charge on any atom is 0.304 e. The molecule has 0 aliphatic carbocycles. The van der Waals surface area contributed by atoms with E-state index in [2.05, 4.69) is 37.7 Å². The highest BCUT2D eigenvalue weighted by atomic mass is 35.5. The van der Waals surface area contributed by atoms with Crippen molar-refractivity contribution < 1.29 is 9.52 Å². The molecule has 0 amide bonds. The number of hydroxylamine groups is 2. The molecule has 8 heteroatoms. The van der Waals surface area contributed by atoms with E-state index in [0.717, 1.165) is 39.3 Å². The lowest BCUT2D eigenvalue weighted by Crippen LogP contribution is -2.50. The van der Waals surface area contributed by atoms with Crippen molar-refractivity contribution in [2.75, 3.05) is 39.3 Å². The highest BCUT2D eigenvalue weighted by Gasteiger charge is 2.29. The van der Waals surface area contributed by atoms with Crippen molar-refractivity contribution in [2.45, 2.75) is 41.5 Å². The third-order valence-electron chi connectivity index (χ3n) is 3.01. The number of hydrogen-bond donors (Lipinski definition) is 1. The summed E-state index contributed by atoms with van der Waals surface area (Å²) in [6, 6.07) is 0. The molecule has 0 spiro atoms. The van der Waals surface area contributed by atoms with Crippen LogP contribution in [0.5, 0.6) is 0 Å². The van der Waals surface area contributed by atoms with E-state index >= 15 is 0 Å². The first kappa shape index (κ1) is 22.8. The minimum absolute atomic E-state index is 0. The first-order valence-corrected chi connectivity index (χ1v) is 8.47. The van der Waals surface area contributed by atoms with Gasteiger partial charge in [0.2, 0.25) is 0 Å². The highest BCUT2D eigenvalue weighted by molar-refractivity contribution is 7.43. The Morgan fingerprint density at radius 2 is 1.10 bits per heavy atom. The van der Waals surface area contributed by atoms with Crippen LogP contribution < -0.4 is 0 Å². The van der Waals surface area contributed by atoms with E-state index in [0.29, 0.717) is 0 Å². The van der Waals surface area contributed by atoms with Gasteiger partial charge < -0.3 is 4.89 Å². The van der Waals surface area contributed by atoms with Crippen molar-refractivity contribution in [1.29, 1.82) is 0 Å². The van der Waals surface area contributed by atoms with E-state index in [1.807, 2.05) is 18.7 Å². The summed E-state index contributed by atoms with van der Waals surface area (Å²) in [7, 11) is -1.69. The average molecular weight is 331 g/mol. The molecule has 0 fully saturated rings. The van der Waals surface area contributed by atoms with E-state index < -0.39 is 8.53 Å². The molecule has 1 atom stereocenters. The van der Waals surface area contributed by atoms with Gasteiger partial charge in [-0.05, 0) is 0 Å². The van der Waals surface area contributed by atoms with Gasteiger partial charge in [-0.25, -0.2) is 14.6 Å². The van der Waals surface area contributed by atoms with Gasteiger partial charge in [0.1, 0.15) is 0 Å². The Morgan fingerprint density at radius 1 is 0.750 bits per heavy atom. The molecule has 1 unspecified atom stereocenters. The largest absolute Gasteiger partial charge is 0.335 e. The summed E-state index contributed by atoms with van der Waals surface area (Å²) in [5.41, 5.74) is 0. The summed E-state index contributed by atoms with van der Waals surface area (Å²) in [4.78, 5) is 12.3. The number of hydrogen-bond acceptors (Lipinski definition) is 6. The lowest BCUT2D eigenvalue weighted by atomic mass is 10.6.